The average Bonchev–Trinajstić information content (AvgIpc) is 1.83. The molecule has 0 aliphatic heterocycles. The standard InChI is InChI=1S/C8H13/c1-4-7-8(5-2)6-3/h5-6H,1-2,4,7H2,3H3. The molecular formula is C8H13. The summed E-state index contributed by atoms with van der Waals surface area (Å²) in [5.74, 6) is 0. The lowest BCUT2D eigenvalue weighted by Crippen LogP contribution is -1.73. The smallest absolute Gasteiger partial charge is 0.0282 e. The first-order valence-corrected chi connectivity index (χ1v) is 2.92. The fourth-order valence-electron chi connectivity index (χ4n) is 0.568. The number of hydrogen-bond acceptors (Lipinski definition) is 0. The van der Waals surface area contributed by atoms with Crippen molar-refractivity contribution in [3.05, 3.63) is 31.2 Å². The van der Waals surface area contributed by atoms with Gasteiger partial charge in [0.1, 0.15) is 0 Å². The third-order valence-corrected chi connectivity index (χ3v) is 1.10. The Morgan fingerprint density at radius 1 is 1.62 bits per heavy atom. The maximum Gasteiger partial charge on any atom is -0.0282 e. The van der Waals surface area contributed by atoms with Gasteiger partial charge in [-0.1, -0.05) is 31.2 Å². The van der Waals surface area contributed by atoms with E-state index in [4.69, 9.17) is 0 Å². The second-order valence-electron chi connectivity index (χ2n) is 1.67. The van der Waals surface area contributed by atoms with Crippen LogP contribution in [0.1, 0.15) is 19.8 Å². The van der Waals surface area contributed by atoms with E-state index in [1.807, 2.05) is 13.0 Å². The third-order valence-electron chi connectivity index (χ3n) is 1.10. The van der Waals surface area contributed by atoms with E-state index >= 15 is 0 Å². The summed E-state index contributed by atoms with van der Waals surface area (Å²) >= 11 is 0. The molecule has 8 heavy (non-hydrogen) atoms. The lowest BCUT2D eigenvalue weighted by molar-refractivity contribution is 1.00. The van der Waals surface area contributed by atoms with Gasteiger partial charge in [-0.3, -0.25) is 0 Å². The molecule has 0 heterocycles. The Kier molecular flexibility index (Phi) is 4.33. The predicted molar refractivity (Wildman–Crippen MR) is 38.5 cm³/mol. The van der Waals surface area contributed by atoms with Gasteiger partial charge in [0.15, 0.2) is 0 Å². The summed E-state index contributed by atoms with van der Waals surface area (Å²) in [5, 5.41) is 0. The lowest BCUT2D eigenvalue weighted by Gasteiger charge is -1.93. The molecule has 0 aromatic heterocycles. The van der Waals surface area contributed by atoms with Crippen molar-refractivity contribution in [1.29, 1.82) is 0 Å². The molecule has 0 spiro atoms. The molecule has 0 N–H and O–H groups in total. The van der Waals surface area contributed by atoms with Crippen molar-refractivity contribution in [2.45, 2.75) is 19.8 Å². The highest BCUT2D eigenvalue weighted by molar-refractivity contribution is 5.14. The van der Waals surface area contributed by atoms with Crippen molar-refractivity contribution < 1.29 is 0 Å². The first-order chi connectivity index (χ1) is 3.85. The molecule has 0 bridgehead atoms. The highest BCUT2D eigenvalue weighted by Gasteiger charge is 1.83. The van der Waals surface area contributed by atoms with Crippen molar-refractivity contribution >= 4 is 0 Å². The van der Waals surface area contributed by atoms with E-state index in [0.717, 1.165) is 12.8 Å². The molecular weight excluding hydrogens is 96.1 g/mol. The molecule has 1 radical (unpaired) electrons. The van der Waals surface area contributed by atoms with E-state index in [0.29, 0.717) is 0 Å². The van der Waals surface area contributed by atoms with Gasteiger partial charge in [-0.25, -0.2) is 0 Å². The minimum absolute atomic E-state index is 0.964. The molecule has 0 aromatic carbocycles. The Labute approximate surface area is 51.9 Å². The largest absolute Gasteiger partial charge is 0.0988 e. The minimum atomic E-state index is 0.964. The van der Waals surface area contributed by atoms with E-state index in [1.54, 1.807) is 0 Å². The van der Waals surface area contributed by atoms with Crippen molar-refractivity contribution in [3.63, 3.8) is 0 Å². The average molecular weight is 109 g/mol. The molecule has 0 aliphatic carbocycles. The summed E-state index contributed by atoms with van der Waals surface area (Å²) in [6.45, 7) is 9.41. The fraction of sp³-hybridized carbons (Fsp3) is 0.375. The van der Waals surface area contributed by atoms with Crippen LogP contribution in [-0.4, -0.2) is 0 Å². The predicted octanol–water partition coefficient (Wildman–Crippen LogP) is 2.73. The molecule has 0 nitrogen and oxygen atoms in total. The Hall–Kier alpha value is -0.520. The maximum absolute atomic E-state index is 3.73. The molecule has 0 fully saturated rings. The van der Waals surface area contributed by atoms with Crippen LogP contribution in [-0.2, 0) is 0 Å². The van der Waals surface area contributed by atoms with Gasteiger partial charge in [-0.05, 0) is 19.8 Å². The van der Waals surface area contributed by atoms with Crippen LogP contribution in [0, 0.1) is 6.92 Å². The molecule has 0 aliphatic rings. The molecule has 0 heteroatoms. The van der Waals surface area contributed by atoms with Gasteiger partial charge in [0.25, 0.3) is 0 Å². The second-order valence-corrected chi connectivity index (χ2v) is 1.67. The van der Waals surface area contributed by atoms with Crippen LogP contribution in [0.2, 0.25) is 0 Å². The molecule has 45 valence electrons. The number of hydrogen-bond donors (Lipinski definition) is 0. The summed E-state index contributed by atoms with van der Waals surface area (Å²) in [5.41, 5.74) is 1.29. The summed E-state index contributed by atoms with van der Waals surface area (Å²) in [6.07, 6.45) is 5.97. The minimum Gasteiger partial charge on any atom is -0.0988 e. The molecule has 0 saturated heterocycles. The molecule has 0 rings (SSSR count). The fourth-order valence-corrected chi connectivity index (χ4v) is 0.568. The Morgan fingerprint density at radius 3 is 2.38 bits per heavy atom. The van der Waals surface area contributed by atoms with Gasteiger partial charge < -0.3 is 0 Å². The molecule has 0 atom stereocenters. The van der Waals surface area contributed by atoms with Crippen LogP contribution < -0.4 is 0 Å². The lowest BCUT2D eigenvalue weighted by atomic mass is 10.1. The quantitative estimate of drug-likeness (QED) is 0.489. The maximum atomic E-state index is 3.73. The van der Waals surface area contributed by atoms with Crippen molar-refractivity contribution in [2.75, 3.05) is 0 Å². The zero-order chi connectivity index (χ0) is 6.41. The van der Waals surface area contributed by atoms with Crippen LogP contribution in [0.15, 0.2) is 24.3 Å². The zero-order valence-corrected chi connectivity index (χ0v) is 5.48. The first kappa shape index (κ1) is 7.48. The first-order valence-electron chi connectivity index (χ1n) is 2.92. The topological polar surface area (TPSA) is 0 Å². The van der Waals surface area contributed by atoms with E-state index in [-0.39, 0.29) is 0 Å². The van der Waals surface area contributed by atoms with Gasteiger partial charge in [-0.15, -0.1) is 0 Å². The summed E-state index contributed by atoms with van der Waals surface area (Å²) in [6, 6.07) is 0. The van der Waals surface area contributed by atoms with E-state index < -0.39 is 0 Å². The monoisotopic (exact) mass is 109 g/mol. The van der Waals surface area contributed by atoms with Crippen LogP contribution >= 0.6 is 0 Å². The highest BCUT2D eigenvalue weighted by atomic mass is 13.9. The number of allylic oxidation sites excluding steroid dienone is 3. The van der Waals surface area contributed by atoms with Crippen LogP contribution in [0.25, 0.3) is 0 Å². The van der Waals surface area contributed by atoms with Crippen molar-refractivity contribution in [1.82, 2.24) is 0 Å². The van der Waals surface area contributed by atoms with Crippen molar-refractivity contribution in [2.24, 2.45) is 0 Å². The van der Waals surface area contributed by atoms with E-state index in [1.165, 1.54) is 5.57 Å². The van der Waals surface area contributed by atoms with Gasteiger partial charge in [0.2, 0.25) is 0 Å². The van der Waals surface area contributed by atoms with Gasteiger partial charge in [0, 0.05) is 0 Å². The van der Waals surface area contributed by atoms with Crippen LogP contribution in [0.4, 0.5) is 0 Å². The molecule has 0 amide bonds. The Morgan fingerprint density at radius 2 is 2.25 bits per heavy atom. The molecule has 0 aromatic rings. The second kappa shape index (κ2) is 4.63. The van der Waals surface area contributed by atoms with Gasteiger partial charge in [0.05, 0.1) is 0 Å². The van der Waals surface area contributed by atoms with Gasteiger partial charge in [-0.2, -0.15) is 0 Å². The third kappa shape index (κ3) is 2.62. The van der Waals surface area contributed by atoms with Crippen molar-refractivity contribution in [3.8, 4) is 0 Å². The van der Waals surface area contributed by atoms with E-state index in [2.05, 4.69) is 19.6 Å². The highest BCUT2D eigenvalue weighted by Crippen LogP contribution is 2.03. The Balaban J connectivity index is 3.54. The van der Waals surface area contributed by atoms with Gasteiger partial charge >= 0.3 is 0 Å². The van der Waals surface area contributed by atoms with Crippen LogP contribution in [0.5, 0.6) is 0 Å². The van der Waals surface area contributed by atoms with E-state index in [9.17, 15) is 0 Å². The molecule has 0 unspecified atom stereocenters. The summed E-state index contributed by atoms with van der Waals surface area (Å²) < 4.78 is 0. The SMILES string of the molecule is [CH2]CCC(C=C)=CC. The molecule has 0 saturated carbocycles. The summed E-state index contributed by atoms with van der Waals surface area (Å²) in [4.78, 5) is 0. The van der Waals surface area contributed by atoms with Crippen LogP contribution in [0.3, 0.4) is 0 Å². The zero-order valence-electron chi connectivity index (χ0n) is 5.48. The number of rotatable bonds is 3. The Bertz CT molecular complexity index is 88.2. The summed E-state index contributed by atoms with van der Waals surface area (Å²) in [7, 11) is 0. The normalized spacial score (nSPS) is 11.5.